The monoisotopic (exact) mass is 622 g/mol. The van der Waals surface area contributed by atoms with E-state index >= 15 is 0 Å². The lowest BCUT2D eigenvalue weighted by Crippen LogP contribution is -2.45. The predicted molar refractivity (Wildman–Crippen MR) is 166 cm³/mol. The van der Waals surface area contributed by atoms with Crippen LogP contribution in [-0.4, -0.2) is 79.4 Å². The summed E-state index contributed by atoms with van der Waals surface area (Å²) in [5.41, 5.74) is 3.65. The lowest BCUT2D eigenvalue weighted by molar-refractivity contribution is -0.121. The molecule has 2 saturated carbocycles. The van der Waals surface area contributed by atoms with Gasteiger partial charge in [0.25, 0.3) is 0 Å². The second-order valence-corrected chi connectivity index (χ2v) is 14.0. The van der Waals surface area contributed by atoms with E-state index in [1.165, 1.54) is 18.4 Å². The van der Waals surface area contributed by atoms with Gasteiger partial charge in [-0.25, -0.2) is 4.79 Å². The summed E-state index contributed by atoms with van der Waals surface area (Å²) in [7, 11) is 0. The molecule has 6 rings (SSSR count). The molecule has 244 valence electrons. The first-order valence-corrected chi connectivity index (χ1v) is 16.4. The van der Waals surface area contributed by atoms with Crippen LogP contribution in [0.25, 0.3) is 6.08 Å². The highest BCUT2D eigenvalue weighted by molar-refractivity contribution is 5.94. The molecule has 3 aliphatic carbocycles. The normalized spacial score (nSPS) is 34.0. The maximum absolute atomic E-state index is 13.5. The number of benzene rings is 1. The Bertz CT molecular complexity index is 1370. The number of hydrogen-bond acceptors (Lipinski definition) is 8. The fourth-order valence-corrected chi connectivity index (χ4v) is 7.79. The van der Waals surface area contributed by atoms with Crippen LogP contribution in [0.3, 0.4) is 0 Å². The third-order valence-electron chi connectivity index (χ3n) is 10.5. The fraction of sp³-hybridized carbons (Fsp3) is 0.629. The Morgan fingerprint density at radius 3 is 2.76 bits per heavy atom. The van der Waals surface area contributed by atoms with Gasteiger partial charge in [-0.15, -0.1) is 0 Å². The highest BCUT2D eigenvalue weighted by atomic mass is 16.7. The number of rotatable bonds is 9. The molecule has 0 bridgehead atoms. The first-order chi connectivity index (χ1) is 21.6. The molecule has 0 radical (unpaired) electrons. The molecule has 10 heteroatoms. The highest BCUT2D eigenvalue weighted by Crippen LogP contribution is 2.59. The van der Waals surface area contributed by atoms with Crippen molar-refractivity contribution in [3.8, 4) is 0 Å². The number of allylic oxidation sites excluding steroid dienone is 1. The first kappa shape index (κ1) is 31.9. The van der Waals surface area contributed by atoms with Gasteiger partial charge in [0.15, 0.2) is 0 Å². The SMILES string of the molecule is CC1(C)CC2C(=Cc3cccc(C(=O)OC4CC(C(=O)NCCC(=O)NCCO)=CC5OCOC54)c3)CCC3OC3(C)CCC21. The summed E-state index contributed by atoms with van der Waals surface area (Å²) in [6.45, 7) is 7.23. The number of carbonyl (C=O) groups excluding carboxylic acids is 3. The molecule has 2 aliphatic heterocycles. The van der Waals surface area contributed by atoms with Gasteiger partial charge in [-0.2, -0.15) is 0 Å². The third-order valence-corrected chi connectivity index (χ3v) is 10.5. The Morgan fingerprint density at radius 1 is 1.11 bits per heavy atom. The number of epoxide rings is 1. The summed E-state index contributed by atoms with van der Waals surface area (Å²) in [6, 6.07) is 7.56. The summed E-state index contributed by atoms with van der Waals surface area (Å²) in [5.74, 6) is 0.101. The molecule has 4 fully saturated rings. The third kappa shape index (κ3) is 7.04. The Morgan fingerprint density at radius 2 is 1.96 bits per heavy atom. The van der Waals surface area contributed by atoms with E-state index in [1.54, 1.807) is 12.1 Å². The average molecular weight is 623 g/mol. The van der Waals surface area contributed by atoms with E-state index in [0.29, 0.717) is 34.5 Å². The molecule has 0 aromatic heterocycles. The smallest absolute Gasteiger partial charge is 0.338 e. The molecule has 1 aromatic carbocycles. The number of aliphatic hydroxyl groups excluding tert-OH is 1. The Labute approximate surface area is 264 Å². The van der Waals surface area contributed by atoms with Gasteiger partial charge in [0.1, 0.15) is 25.1 Å². The molecular formula is C35H46N2O8. The lowest BCUT2D eigenvalue weighted by atomic mass is 9.52. The summed E-state index contributed by atoms with van der Waals surface area (Å²) in [4.78, 5) is 38.2. The quantitative estimate of drug-likeness (QED) is 0.281. The molecule has 3 N–H and O–H groups in total. The second kappa shape index (κ2) is 13.0. The molecule has 2 saturated heterocycles. The van der Waals surface area contributed by atoms with E-state index in [9.17, 15) is 14.4 Å². The molecule has 1 aromatic rings. The van der Waals surface area contributed by atoms with Gasteiger partial charge >= 0.3 is 5.97 Å². The van der Waals surface area contributed by atoms with Crippen molar-refractivity contribution in [1.82, 2.24) is 10.6 Å². The van der Waals surface area contributed by atoms with Crippen LogP contribution in [0.15, 0.2) is 41.5 Å². The average Bonchev–Trinajstić information content (AvgIpc) is 3.39. The minimum Gasteiger partial charge on any atom is -0.456 e. The topological polar surface area (TPSA) is 136 Å². The van der Waals surface area contributed by atoms with Gasteiger partial charge in [-0.05, 0) is 80.1 Å². The van der Waals surface area contributed by atoms with Gasteiger partial charge < -0.3 is 34.7 Å². The maximum Gasteiger partial charge on any atom is 0.338 e. The molecular weight excluding hydrogens is 576 g/mol. The van der Waals surface area contributed by atoms with Crippen LogP contribution in [0, 0.1) is 17.3 Å². The fourth-order valence-electron chi connectivity index (χ4n) is 7.79. The van der Waals surface area contributed by atoms with Crippen molar-refractivity contribution in [3.63, 3.8) is 0 Å². The Hall–Kier alpha value is -3.05. The predicted octanol–water partition coefficient (Wildman–Crippen LogP) is 3.68. The number of aliphatic hydroxyl groups is 1. The first-order valence-electron chi connectivity index (χ1n) is 16.4. The van der Waals surface area contributed by atoms with Gasteiger partial charge in [-0.1, -0.05) is 37.6 Å². The molecule has 45 heavy (non-hydrogen) atoms. The summed E-state index contributed by atoms with van der Waals surface area (Å²) >= 11 is 0. The van der Waals surface area contributed by atoms with Crippen LogP contribution in [0.4, 0.5) is 0 Å². The van der Waals surface area contributed by atoms with E-state index < -0.39 is 24.3 Å². The number of carbonyl (C=O) groups is 3. The van der Waals surface area contributed by atoms with Gasteiger partial charge in [-0.3, -0.25) is 9.59 Å². The number of hydrogen-bond donors (Lipinski definition) is 3. The van der Waals surface area contributed by atoms with Gasteiger partial charge in [0.05, 0.1) is 23.9 Å². The van der Waals surface area contributed by atoms with E-state index in [2.05, 4.69) is 37.5 Å². The second-order valence-electron chi connectivity index (χ2n) is 14.0. The Balaban J connectivity index is 1.11. The highest BCUT2D eigenvalue weighted by Gasteiger charge is 2.56. The molecule has 2 amide bonds. The largest absolute Gasteiger partial charge is 0.456 e. The number of esters is 1. The van der Waals surface area contributed by atoms with Crippen molar-refractivity contribution in [2.75, 3.05) is 26.5 Å². The molecule has 0 spiro atoms. The van der Waals surface area contributed by atoms with Crippen LogP contribution in [0.1, 0.15) is 81.6 Å². The van der Waals surface area contributed by atoms with E-state index in [0.717, 1.165) is 24.8 Å². The zero-order valence-corrected chi connectivity index (χ0v) is 26.5. The van der Waals surface area contributed by atoms with Crippen LogP contribution < -0.4 is 10.6 Å². The van der Waals surface area contributed by atoms with E-state index in [4.69, 9.17) is 24.1 Å². The van der Waals surface area contributed by atoms with Crippen molar-refractivity contribution in [3.05, 3.63) is 52.6 Å². The van der Waals surface area contributed by atoms with Crippen LogP contribution in [-0.2, 0) is 28.5 Å². The van der Waals surface area contributed by atoms with Gasteiger partial charge in [0.2, 0.25) is 11.8 Å². The van der Waals surface area contributed by atoms with Crippen molar-refractivity contribution in [1.29, 1.82) is 0 Å². The molecule has 2 heterocycles. The number of nitrogens with one attached hydrogen (secondary N) is 2. The number of fused-ring (bicyclic) bond motifs is 3. The van der Waals surface area contributed by atoms with E-state index in [1.807, 2.05) is 18.2 Å². The van der Waals surface area contributed by atoms with Crippen molar-refractivity contribution >= 4 is 23.9 Å². The number of ether oxygens (including phenoxy) is 4. The molecule has 7 unspecified atom stereocenters. The summed E-state index contributed by atoms with van der Waals surface area (Å²) in [5, 5.41) is 14.1. The minimum absolute atomic E-state index is 0.0361. The number of amides is 2. The maximum atomic E-state index is 13.5. The Kier molecular flexibility index (Phi) is 9.21. The van der Waals surface area contributed by atoms with Crippen LogP contribution >= 0.6 is 0 Å². The van der Waals surface area contributed by atoms with Crippen LogP contribution in [0.2, 0.25) is 0 Å². The zero-order chi connectivity index (χ0) is 31.8. The summed E-state index contributed by atoms with van der Waals surface area (Å²) in [6.07, 6.45) is 8.35. The lowest BCUT2D eigenvalue weighted by Gasteiger charge is -2.53. The molecule has 10 nitrogen and oxygen atoms in total. The zero-order valence-electron chi connectivity index (χ0n) is 26.5. The van der Waals surface area contributed by atoms with Crippen LogP contribution in [0.5, 0.6) is 0 Å². The minimum atomic E-state index is -0.703. The van der Waals surface area contributed by atoms with Crippen molar-refractivity contribution in [2.24, 2.45) is 17.3 Å². The van der Waals surface area contributed by atoms with Gasteiger partial charge in [0, 0.05) is 31.5 Å². The van der Waals surface area contributed by atoms with Crippen molar-refractivity contribution < 1.29 is 38.4 Å². The van der Waals surface area contributed by atoms with E-state index in [-0.39, 0.29) is 56.7 Å². The summed E-state index contributed by atoms with van der Waals surface area (Å²) < 4.78 is 23.5. The standard InChI is InChI=1S/C35H46N2O8/c1-34(2)19-25-22(7-8-29-35(3,45-29)11-9-26(25)34)15-21-5-4-6-23(16-21)33(41)44-28-18-24(17-27-31(28)43-20-42-27)32(40)37-12-10-30(39)36-13-14-38/h4-6,15-17,25-29,31,38H,7-14,18-20H2,1-3H3,(H,36,39)(H,37,40). The molecule has 7 atom stereocenters. The van der Waals surface area contributed by atoms with Crippen molar-refractivity contribution in [2.45, 2.75) is 95.7 Å². The molecule has 5 aliphatic rings.